The van der Waals surface area contributed by atoms with E-state index in [0.717, 1.165) is 0 Å². The lowest BCUT2D eigenvalue weighted by Gasteiger charge is -2.25. The monoisotopic (exact) mass is 326 g/mol. The summed E-state index contributed by atoms with van der Waals surface area (Å²) in [5.41, 5.74) is 0. The van der Waals surface area contributed by atoms with Gasteiger partial charge < -0.3 is 4.74 Å². The number of hydrogen-bond donors (Lipinski definition) is 0. The van der Waals surface area contributed by atoms with Gasteiger partial charge in [0.25, 0.3) is 0 Å². The zero-order valence-corrected chi connectivity index (χ0v) is 16.9. The van der Waals surface area contributed by atoms with Crippen LogP contribution in [0, 0.1) is 0 Å². The van der Waals surface area contributed by atoms with Gasteiger partial charge >= 0.3 is 0 Å². The largest absolute Gasteiger partial charge is 0.375 e. The summed E-state index contributed by atoms with van der Waals surface area (Å²) < 4.78 is 6.64. The smallest absolute Gasteiger partial charge is 0.0578 e. The highest BCUT2D eigenvalue weighted by Gasteiger charge is 2.16. The van der Waals surface area contributed by atoms with Crippen LogP contribution in [0.4, 0.5) is 0 Å². The van der Waals surface area contributed by atoms with Gasteiger partial charge in [-0.1, -0.05) is 105 Å². The lowest BCUT2D eigenvalue weighted by atomic mass is 10.0. The van der Waals surface area contributed by atoms with Crippen molar-refractivity contribution in [3.63, 3.8) is 0 Å². The van der Waals surface area contributed by atoms with E-state index in [0.29, 0.717) is 12.2 Å². The summed E-state index contributed by atoms with van der Waals surface area (Å²) >= 11 is 0. The molecule has 0 heterocycles. The maximum absolute atomic E-state index is 6.64. The van der Waals surface area contributed by atoms with E-state index in [4.69, 9.17) is 4.74 Å². The predicted octanol–water partition coefficient (Wildman–Crippen LogP) is 8.06. The maximum atomic E-state index is 6.64. The van der Waals surface area contributed by atoms with Crippen LogP contribution in [0.5, 0.6) is 0 Å². The quantitative estimate of drug-likeness (QED) is 0.231. The van der Waals surface area contributed by atoms with Crippen LogP contribution in [-0.2, 0) is 4.74 Å². The van der Waals surface area contributed by atoms with Gasteiger partial charge in [-0.15, -0.1) is 0 Å². The third-order valence-corrected chi connectivity index (χ3v) is 4.90. The normalized spacial score (nSPS) is 11.7. The Morgan fingerprint density at radius 2 is 0.696 bits per heavy atom. The molecule has 0 aromatic heterocycles. The Balaban J connectivity index is 4.31. The molecule has 0 aliphatic rings. The van der Waals surface area contributed by atoms with E-state index in [9.17, 15) is 0 Å². The number of rotatable bonds is 18. The lowest BCUT2D eigenvalue weighted by Crippen LogP contribution is -2.23. The number of hydrogen-bond acceptors (Lipinski definition) is 1. The first kappa shape index (κ1) is 23.0. The van der Waals surface area contributed by atoms with Gasteiger partial charge in [-0.3, -0.25) is 0 Å². The molecule has 0 aliphatic heterocycles. The molecule has 0 aromatic rings. The molecule has 1 heteroatoms. The first-order chi connectivity index (χ1) is 11.3. The van der Waals surface area contributed by atoms with Crippen LogP contribution in [0.1, 0.15) is 130 Å². The molecule has 0 spiro atoms. The molecule has 0 saturated carbocycles. The molecule has 0 aliphatic carbocycles. The minimum Gasteiger partial charge on any atom is -0.375 e. The van der Waals surface area contributed by atoms with Gasteiger partial charge in [-0.2, -0.15) is 0 Å². The summed E-state index contributed by atoms with van der Waals surface area (Å²) in [4.78, 5) is 0. The van der Waals surface area contributed by atoms with E-state index in [-0.39, 0.29) is 0 Å². The molecule has 0 saturated heterocycles. The van der Waals surface area contributed by atoms with Gasteiger partial charge in [0, 0.05) is 0 Å². The molecule has 0 amide bonds. The third kappa shape index (κ3) is 15.2. The number of unbranched alkanes of at least 4 members (excludes halogenated alkanes) is 8. The van der Waals surface area contributed by atoms with E-state index < -0.39 is 0 Å². The van der Waals surface area contributed by atoms with Gasteiger partial charge in [0.15, 0.2) is 0 Å². The van der Waals surface area contributed by atoms with E-state index >= 15 is 0 Å². The second kappa shape index (κ2) is 18.3. The minimum atomic E-state index is 0.529. The van der Waals surface area contributed by atoms with E-state index in [2.05, 4.69) is 27.7 Å². The van der Waals surface area contributed by atoms with Crippen LogP contribution < -0.4 is 0 Å². The fourth-order valence-corrected chi connectivity index (χ4v) is 3.32. The van der Waals surface area contributed by atoms with Gasteiger partial charge in [-0.25, -0.2) is 0 Å². The summed E-state index contributed by atoms with van der Waals surface area (Å²) in [5, 5.41) is 0. The standard InChI is InChI=1S/C22H46O/c1-5-9-13-17-21(18-14-10-6-2)23-22(19-15-11-7-3)20-16-12-8-4/h21-22H,5-20H2,1-4H3. The van der Waals surface area contributed by atoms with Crippen LogP contribution >= 0.6 is 0 Å². The van der Waals surface area contributed by atoms with Crippen LogP contribution in [-0.4, -0.2) is 12.2 Å². The van der Waals surface area contributed by atoms with Crippen LogP contribution in [0.25, 0.3) is 0 Å². The zero-order chi connectivity index (χ0) is 17.2. The van der Waals surface area contributed by atoms with Crippen molar-refractivity contribution in [1.29, 1.82) is 0 Å². The number of ether oxygens (including phenoxy) is 1. The Morgan fingerprint density at radius 1 is 0.435 bits per heavy atom. The van der Waals surface area contributed by atoms with Gasteiger partial charge in [0.05, 0.1) is 12.2 Å². The fourth-order valence-electron chi connectivity index (χ4n) is 3.32. The molecular formula is C22H46O. The van der Waals surface area contributed by atoms with E-state index in [1.807, 2.05) is 0 Å². The predicted molar refractivity (Wildman–Crippen MR) is 105 cm³/mol. The fraction of sp³-hybridized carbons (Fsp3) is 1.00. The van der Waals surface area contributed by atoms with Crippen LogP contribution in [0.2, 0.25) is 0 Å². The second-order valence-corrected chi connectivity index (χ2v) is 7.36. The molecule has 0 aromatic carbocycles. The Bertz CT molecular complexity index is 172. The summed E-state index contributed by atoms with van der Waals surface area (Å²) in [6, 6.07) is 0. The van der Waals surface area contributed by atoms with E-state index in [1.165, 1.54) is 103 Å². The molecule has 0 radical (unpaired) electrons. The molecule has 0 fully saturated rings. The third-order valence-electron chi connectivity index (χ3n) is 4.90. The lowest BCUT2D eigenvalue weighted by molar-refractivity contribution is -0.0322. The molecule has 0 rings (SSSR count). The van der Waals surface area contributed by atoms with Gasteiger partial charge in [0.1, 0.15) is 0 Å². The van der Waals surface area contributed by atoms with Crippen molar-refractivity contribution in [2.75, 3.05) is 0 Å². The molecule has 0 N–H and O–H groups in total. The highest BCUT2D eigenvalue weighted by atomic mass is 16.5. The Morgan fingerprint density at radius 3 is 0.913 bits per heavy atom. The SMILES string of the molecule is CCCCCC(CCCCC)OC(CCCCC)CCCCC. The Labute approximate surface area is 148 Å². The average Bonchev–Trinajstić information content (AvgIpc) is 2.55. The summed E-state index contributed by atoms with van der Waals surface area (Å²) in [6.07, 6.45) is 22.3. The molecule has 1 nitrogen and oxygen atoms in total. The molecule has 23 heavy (non-hydrogen) atoms. The van der Waals surface area contributed by atoms with Crippen molar-refractivity contribution < 1.29 is 4.74 Å². The summed E-state index contributed by atoms with van der Waals surface area (Å²) in [7, 11) is 0. The van der Waals surface area contributed by atoms with Crippen LogP contribution in [0.15, 0.2) is 0 Å². The second-order valence-electron chi connectivity index (χ2n) is 7.36. The highest BCUT2D eigenvalue weighted by molar-refractivity contribution is 4.66. The van der Waals surface area contributed by atoms with Crippen molar-refractivity contribution >= 4 is 0 Å². The van der Waals surface area contributed by atoms with Crippen molar-refractivity contribution in [2.45, 2.75) is 143 Å². The molecule has 0 bridgehead atoms. The molecule has 140 valence electrons. The van der Waals surface area contributed by atoms with E-state index in [1.54, 1.807) is 0 Å². The topological polar surface area (TPSA) is 9.23 Å². The average molecular weight is 327 g/mol. The van der Waals surface area contributed by atoms with Crippen LogP contribution in [0.3, 0.4) is 0 Å². The van der Waals surface area contributed by atoms with Crippen molar-refractivity contribution in [3.05, 3.63) is 0 Å². The van der Waals surface area contributed by atoms with Crippen molar-refractivity contribution in [2.24, 2.45) is 0 Å². The Hall–Kier alpha value is -0.0400. The Kier molecular flexibility index (Phi) is 18.3. The molecular weight excluding hydrogens is 280 g/mol. The maximum Gasteiger partial charge on any atom is 0.0578 e. The van der Waals surface area contributed by atoms with Crippen molar-refractivity contribution in [3.8, 4) is 0 Å². The minimum absolute atomic E-state index is 0.529. The van der Waals surface area contributed by atoms with Gasteiger partial charge in [0.2, 0.25) is 0 Å². The molecule has 0 atom stereocenters. The summed E-state index contributed by atoms with van der Waals surface area (Å²) in [6.45, 7) is 9.19. The summed E-state index contributed by atoms with van der Waals surface area (Å²) in [5.74, 6) is 0. The van der Waals surface area contributed by atoms with Crippen molar-refractivity contribution in [1.82, 2.24) is 0 Å². The van der Waals surface area contributed by atoms with Gasteiger partial charge in [-0.05, 0) is 25.7 Å². The highest BCUT2D eigenvalue weighted by Crippen LogP contribution is 2.21. The first-order valence-corrected chi connectivity index (χ1v) is 10.9. The zero-order valence-electron chi connectivity index (χ0n) is 16.9. The first-order valence-electron chi connectivity index (χ1n) is 10.9. The molecule has 0 unspecified atom stereocenters.